The van der Waals surface area contributed by atoms with Gasteiger partial charge in [0, 0.05) is 18.3 Å². The molecule has 0 spiro atoms. The summed E-state index contributed by atoms with van der Waals surface area (Å²) in [4.78, 5) is 0. The fourth-order valence-corrected chi connectivity index (χ4v) is 3.07. The van der Waals surface area contributed by atoms with Gasteiger partial charge >= 0.3 is 0 Å². The topological polar surface area (TPSA) is 38.0 Å². The van der Waals surface area contributed by atoms with E-state index in [-0.39, 0.29) is 6.10 Å². The Kier molecular flexibility index (Phi) is 3.13. The molecule has 3 nitrogen and oxygen atoms in total. The predicted molar refractivity (Wildman–Crippen MR) is 58.3 cm³/mol. The number of hydrogen-bond acceptors (Lipinski definition) is 3. The van der Waals surface area contributed by atoms with Crippen LogP contribution in [0, 0.1) is 5.92 Å². The molecule has 2 rings (SSSR count). The van der Waals surface area contributed by atoms with Gasteiger partial charge in [-0.2, -0.15) is 16.9 Å². The maximum atomic E-state index is 10.1. The molecule has 2 heterocycles. The summed E-state index contributed by atoms with van der Waals surface area (Å²) in [7, 11) is 0. The van der Waals surface area contributed by atoms with Gasteiger partial charge in [0.1, 0.15) is 0 Å². The molecule has 2 atom stereocenters. The average molecular weight is 212 g/mol. The minimum atomic E-state index is -0.315. The molecule has 14 heavy (non-hydrogen) atoms. The fraction of sp³-hybridized carbons (Fsp3) is 0.700. The van der Waals surface area contributed by atoms with Gasteiger partial charge in [0.25, 0.3) is 0 Å². The Balaban J connectivity index is 2.05. The van der Waals surface area contributed by atoms with Crippen molar-refractivity contribution in [3.05, 3.63) is 18.0 Å². The first-order valence-electron chi connectivity index (χ1n) is 5.09. The van der Waals surface area contributed by atoms with Crippen LogP contribution in [0.25, 0.3) is 0 Å². The zero-order chi connectivity index (χ0) is 9.97. The van der Waals surface area contributed by atoms with Gasteiger partial charge in [-0.25, -0.2) is 0 Å². The Morgan fingerprint density at radius 3 is 3.21 bits per heavy atom. The molecule has 0 radical (unpaired) electrons. The summed E-state index contributed by atoms with van der Waals surface area (Å²) in [5, 5.41) is 14.2. The highest BCUT2D eigenvalue weighted by molar-refractivity contribution is 7.99. The van der Waals surface area contributed by atoms with Crippen LogP contribution in [0.4, 0.5) is 0 Å². The Morgan fingerprint density at radius 1 is 1.79 bits per heavy atom. The largest absolute Gasteiger partial charge is 0.388 e. The van der Waals surface area contributed by atoms with Crippen LogP contribution in [-0.4, -0.2) is 26.4 Å². The second-order valence-corrected chi connectivity index (χ2v) is 4.85. The van der Waals surface area contributed by atoms with Crippen molar-refractivity contribution in [1.29, 1.82) is 0 Å². The second kappa shape index (κ2) is 4.36. The van der Waals surface area contributed by atoms with Gasteiger partial charge in [-0.15, -0.1) is 0 Å². The van der Waals surface area contributed by atoms with Crippen molar-refractivity contribution in [2.45, 2.75) is 26.0 Å². The summed E-state index contributed by atoms with van der Waals surface area (Å²) in [5.41, 5.74) is 0.972. The molecule has 1 aromatic heterocycles. The van der Waals surface area contributed by atoms with Crippen molar-refractivity contribution in [3.8, 4) is 0 Å². The van der Waals surface area contributed by atoms with Crippen molar-refractivity contribution < 1.29 is 5.11 Å². The summed E-state index contributed by atoms with van der Waals surface area (Å²) in [6.07, 6.45) is 4.55. The molecule has 1 saturated heterocycles. The smallest absolute Gasteiger partial charge is 0.0856 e. The van der Waals surface area contributed by atoms with E-state index in [9.17, 15) is 5.11 Å². The third-order valence-electron chi connectivity index (χ3n) is 2.73. The molecular weight excluding hydrogens is 196 g/mol. The Labute approximate surface area is 88.5 Å². The number of aromatic nitrogens is 2. The van der Waals surface area contributed by atoms with Crippen LogP contribution in [0.2, 0.25) is 0 Å². The number of thioether (sulfide) groups is 1. The number of aliphatic hydroxyl groups excluding tert-OH is 1. The van der Waals surface area contributed by atoms with Gasteiger partial charge in [0.15, 0.2) is 0 Å². The minimum Gasteiger partial charge on any atom is -0.388 e. The first-order valence-corrected chi connectivity index (χ1v) is 6.25. The van der Waals surface area contributed by atoms with Gasteiger partial charge in [0.2, 0.25) is 0 Å². The second-order valence-electron chi connectivity index (χ2n) is 3.70. The molecule has 1 aliphatic rings. The van der Waals surface area contributed by atoms with Crippen molar-refractivity contribution in [3.63, 3.8) is 0 Å². The maximum absolute atomic E-state index is 10.1. The highest BCUT2D eigenvalue weighted by Gasteiger charge is 2.25. The van der Waals surface area contributed by atoms with Crippen LogP contribution in [0.1, 0.15) is 25.0 Å². The minimum absolute atomic E-state index is 0.315. The van der Waals surface area contributed by atoms with E-state index in [0.29, 0.717) is 5.92 Å². The lowest BCUT2D eigenvalue weighted by Crippen LogP contribution is -2.11. The third kappa shape index (κ3) is 1.96. The Morgan fingerprint density at radius 2 is 2.64 bits per heavy atom. The zero-order valence-electron chi connectivity index (χ0n) is 8.39. The van der Waals surface area contributed by atoms with Gasteiger partial charge < -0.3 is 5.11 Å². The first-order chi connectivity index (χ1) is 6.81. The molecule has 0 bridgehead atoms. The number of hydrogen-bond donors (Lipinski definition) is 1. The van der Waals surface area contributed by atoms with E-state index in [1.807, 2.05) is 22.6 Å². The van der Waals surface area contributed by atoms with Crippen molar-refractivity contribution in [2.24, 2.45) is 5.92 Å². The van der Waals surface area contributed by atoms with Gasteiger partial charge in [0.05, 0.1) is 12.3 Å². The van der Waals surface area contributed by atoms with Gasteiger partial charge in [-0.1, -0.05) is 0 Å². The molecule has 78 valence electrons. The number of aliphatic hydroxyl groups is 1. The summed E-state index contributed by atoms with van der Waals surface area (Å²) in [5.74, 6) is 2.69. The molecule has 1 fully saturated rings. The fourth-order valence-electron chi connectivity index (χ4n) is 1.78. The highest BCUT2D eigenvalue weighted by Crippen LogP contribution is 2.33. The van der Waals surface area contributed by atoms with Crippen LogP contribution in [0.15, 0.2) is 12.4 Å². The summed E-state index contributed by atoms with van der Waals surface area (Å²) in [6.45, 7) is 2.92. The van der Waals surface area contributed by atoms with Gasteiger partial charge in [-0.05, 0) is 30.8 Å². The molecule has 0 aliphatic carbocycles. The van der Waals surface area contributed by atoms with E-state index in [0.717, 1.165) is 24.3 Å². The SMILES string of the molecule is CCn1cc(C(O)C2CCSC2)cn1. The highest BCUT2D eigenvalue weighted by atomic mass is 32.2. The molecule has 0 amide bonds. The van der Waals surface area contributed by atoms with Crippen LogP contribution in [-0.2, 0) is 6.54 Å². The van der Waals surface area contributed by atoms with E-state index >= 15 is 0 Å². The van der Waals surface area contributed by atoms with E-state index in [1.54, 1.807) is 6.20 Å². The predicted octanol–water partition coefficient (Wildman–Crippen LogP) is 1.69. The van der Waals surface area contributed by atoms with Crippen molar-refractivity contribution >= 4 is 11.8 Å². The van der Waals surface area contributed by atoms with Crippen molar-refractivity contribution in [2.75, 3.05) is 11.5 Å². The lowest BCUT2D eigenvalue weighted by molar-refractivity contribution is 0.121. The summed E-state index contributed by atoms with van der Waals surface area (Å²) in [6, 6.07) is 0. The van der Waals surface area contributed by atoms with Gasteiger partial charge in [-0.3, -0.25) is 4.68 Å². The van der Waals surface area contributed by atoms with Crippen LogP contribution in [0.3, 0.4) is 0 Å². The Hall–Kier alpha value is -0.480. The molecule has 0 aromatic carbocycles. The molecular formula is C10H16N2OS. The molecule has 1 N–H and O–H groups in total. The monoisotopic (exact) mass is 212 g/mol. The molecule has 0 saturated carbocycles. The Bertz CT molecular complexity index is 294. The molecule has 2 unspecified atom stereocenters. The zero-order valence-corrected chi connectivity index (χ0v) is 9.20. The van der Waals surface area contributed by atoms with E-state index in [2.05, 4.69) is 12.0 Å². The van der Waals surface area contributed by atoms with Crippen LogP contribution in [0.5, 0.6) is 0 Å². The summed E-state index contributed by atoms with van der Waals surface area (Å²) < 4.78 is 1.86. The standard InChI is InChI=1S/C10H16N2OS/c1-2-12-6-9(5-11-12)10(13)8-3-4-14-7-8/h5-6,8,10,13H,2-4,7H2,1H3. The normalized spacial score (nSPS) is 24.0. The first kappa shape index (κ1) is 10.1. The summed E-state index contributed by atoms with van der Waals surface area (Å²) >= 11 is 1.93. The van der Waals surface area contributed by atoms with Crippen molar-refractivity contribution in [1.82, 2.24) is 9.78 Å². The lowest BCUT2D eigenvalue weighted by atomic mass is 9.98. The quantitative estimate of drug-likeness (QED) is 0.828. The van der Waals surface area contributed by atoms with E-state index < -0.39 is 0 Å². The molecule has 1 aromatic rings. The third-order valence-corrected chi connectivity index (χ3v) is 3.92. The van der Waals surface area contributed by atoms with Crippen LogP contribution < -0.4 is 0 Å². The maximum Gasteiger partial charge on any atom is 0.0856 e. The average Bonchev–Trinajstić information content (AvgIpc) is 2.88. The number of nitrogens with zero attached hydrogens (tertiary/aromatic N) is 2. The lowest BCUT2D eigenvalue weighted by Gasteiger charge is -2.14. The van der Waals surface area contributed by atoms with Crippen LogP contribution >= 0.6 is 11.8 Å². The van der Waals surface area contributed by atoms with E-state index in [4.69, 9.17) is 0 Å². The molecule has 1 aliphatic heterocycles. The number of aryl methyl sites for hydroxylation is 1. The molecule has 4 heteroatoms. The van der Waals surface area contributed by atoms with E-state index in [1.165, 1.54) is 5.75 Å². The number of rotatable bonds is 3.